The Morgan fingerprint density at radius 3 is 2.62 bits per heavy atom. The number of likely N-dealkylation sites (tertiary alicyclic amines) is 1. The van der Waals surface area contributed by atoms with E-state index < -0.39 is 0 Å². The number of rotatable bonds is 5. The molecule has 1 aromatic heterocycles. The molecule has 116 valence electrons. The number of hydrogen-bond acceptors (Lipinski definition) is 6. The van der Waals surface area contributed by atoms with Crippen LogP contribution in [0.4, 0.5) is 0 Å². The maximum Gasteiger partial charge on any atom is 0.238 e. The van der Waals surface area contributed by atoms with Crippen LogP contribution in [-0.2, 0) is 9.59 Å². The number of aromatic nitrogens is 2. The van der Waals surface area contributed by atoms with Crippen molar-refractivity contribution in [1.82, 2.24) is 20.4 Å². The van der Waals surface area contributed by atoms with Crippen LogP contribution < -0.4 is 11.1 Å². The molecule has 2 heterocycles. The van der Waals surface area contributed by atoms with Crippen LogP contribution in [0.25, 0.3) is 0 Å². The van der Waals surface area contributed by atoms with Gasteiger partial charge in [0, 0.05) is 12.8 Å². The lowest BCUT2D eigenvalue weighted by Crippen LogP contribution is -2.43. The molecule has 1 aromatic rings. The Morgan fingerprint density at radius 1 is 1.43 bits per heavy atom. The molecule has 0 bridgehead atoms. The number of carbonyl (C=O) groups is 2. The summed E-state index contributed by atoms with van der Waals surface area (Å²) in [5.74, 6) is 0.480. The van der Waals surface area contributed by atoms with Crippen LogP contribution >= 0.6 is 0 Å². The smallest absolute Gasteiger partial charge is 0.238 e. The third-order valence-electron chi connectivity index (χ3n) is 3.61. The van der Waals surface area contributed by atoms with Crippen molar-refractivity contribution >= 4 is 11.8 Å². The molecule has 1 aliphatic heterocycles. The van der Waals surface area contributed by atoms with Crippen LogP contribution in [0.3, 0.4) is 0 Å². The van der Waals surface area contributed by atoms with Crippen LogP contribution in [0.5, 0.6) is 0 Å². The van der Waals surface area contributed by atoms with E-state index in [1.54, 1.807) is 6.92 Å². The van der Waals surface area contributed by atoms with Crippen molar-refractivity contribution in [1.29, 1.82) is 0 Å². The van der Waals surface area contributed by atoms with E-state index in [2.05, 4.69) is 15.5 Å². The quantitative estimate of drug-likeness (QED) is 0.774. The standard InChI is InChI=1S/C13H21N5O3/c1-8(13-17-16-9(2)21-13)15-12(20)10-3-5-18(6-4-10)7-11(14)19/h8,10H,3-7H2,1-2H3,(H2,14,19)(H,15,20). The zero-order valence-corrected chi connectivity index (χ0v) is 12.3. The Morgan fingerprint density at radius 2 is 2.10 bits per heavy atom. The van der Waals surface area contributed by atoms with Gasteiger partial charge >= 0.3 is 0 Å². The first kappa shape index (κ1) is 15.4. The number of nitrogens with two attached hydrogens (primary N) is 1. The molecule has 0 saturated carbocycles. The number of primary amides is 1. The number of hydrogen-bond donors (Lipinski definition) is 2. The molecule has 1 fully saturated rings. The topological polar surface area (TPSA) is 114 Å². The minimum Gasteiger partial charge on any atom is -0.423 e. The van der Waals surface area contributed by atoms with Crippen molar-refractivity contribution in [3.63, 3.8) is 0 Å². The van der Waals surface area contributed by atoms with Gasteiger partial charge in [-0.25, -0.2) is 0 Å². The highest BCUT2D eigenvalue weighted by Gasteiger charge is 2.27. The zero-order chi connectivity index (χ0) is 15.4. The van der Waals surface area contributed by atoms with Crippen molar-refractivity contribution < 1.29 is 14.0 Å². The van der Waals surface area contributed by atoms with Gasteiger partial charge in [0.1, 0.15) is 6.04 Å². The maximum atomic E-state index is 12.2. The van der Waals surface area contributed by atoms with E-state index >= 15 is 0 Å². The van der Waals surface area contributed by atoms with Crippen molar-refractivity contribution in [3.05, 3.63) is 11.8 Å². The first-order chi connectivity index (χ1) is 9.95. The molecule has 3 N–H and O–H groups in total. The molecule has 0 radical (unpaired) electrons. The van der Waals surface area contributed by atoms with E-state index in [-0.39, 0.29) is 30.3 Å². The van der Waals surface area contributed by atoms with Gasteiger partial charge in [0.05, 0.1) is 6.54 Å². The van der Waals surface area contributed by atoms with Gasteiger partial charge in [0.2, 0.25) is 23.6 Å². The van der Waals surface area contributed by atoms with E-state index in [1.807, 2.05) is 11.8 Å². The molecule has 1 saturated heterocycles. The second-order valence-corrected chi connectivity index (χ2v) is 5.41. The first-order valence-corrected chi connectivity index (χ1v) is 7.06. The van der Waals surface area contributed by atoms with Crippen LogP contribution in [-0.4, -0.2) is 46.5 Å². The highest BCUT2D eigenvalue weighted by Crippen LogP contribution is 2.19. The number of nitrogens with zero attached hydrogens (tertiary/aromatic N) is 3. The van der Waals surface area contributed by atoms with E-state index in [9.17, 15) is 9.59 Å². The fourth-order valence-corrected chi connectivity index (χ4v) is 2.45. The van der Waals surface area contributed by atoms with Crippen molar-refractivity contribution in [3.8, 4) is 0 Å². The first-order valence-electron chi connectivity index (χ1n) is 7.06. The molecule has 0 aliphatic carbocycles. The Hall–Kier alpha value is -1.96. The minimum atomic E-state index is -0.335. The van der Waals surface area contributed by atoms with Crippen LogP contribution in [0, 0.1) is 12.8 Å². The zero-order valence-electron chi connectivity index (χ0n) is 12.3. The molecule has 1 unspecified atom stereocenters. The van der Waals surface area contributed by atoms with Gasteiger partial charge in [-0.05, 0) is 32.9 Å². The number of amides is 2. The van der Waals surface area contributed by atoms with E-state index in [1.165, 1.54) is 0 Å². The summed E-state index contributed by atoms with van der Waals surface area (Å²) in [6, 6.07) is -0.303. The Kier molecular flexibility index (Phi) is 4.89. The average Bonchev–Trinajstić information content (AvgIpc) is 2.85. The summed E-state index contributed by atoms with van der Waals surface area (Å²) in [5.41, 5.74) is 5.17. The molecule has 1 atom stereocenters. The fourth-order valence-electron chi connectivity index (χ4n) is 2.45. The van der Waals surface area contributed by atoms with Crippen molar-refractivity contribution in [2.45, 2.75) is 32.7 Å². The predicted molar refractivity (Wildman–Crippen MR) is 74.0 cm³/mol. The summed E-state index contributed by atoms with van der Waals surface area (Å²) < 4.78 is 5.30. The summed E-state index contributed by atoms with van der Waals surface area (Å²) in [5, 5.41) is 10.5. The Labute approximate surface area is 123 Å². The molecule has 1 aliphatic rings. The number of nitrogens with one attached hydrogen (secondary N) is 1. The minimum absolute atomic E-state index is 0.0166. The van der Waals surface area contributed by atoms with Gasteiger partial charge in [-0.15, -0.1) is 10.2 Å². The van der Waals surface area contributed by atoms with Gasteiger partial charge in [-0.2, -0.15) is 0 Å². The third kappa shape index (κ3) is 4.25. The molecule has 2 amide bonds. The summed E-state index contributed by atoms with van der Waals surface area (Å²) in [7, 11) is 0. The lowest BCUT2D eigenvalue weighted by Gasteiger charge is -2.30. The molecule has 8 nitrogen and oxygen atoms in total. The average molecular weight is 295 g/mol. The Balaban J connectivity index is 1.80. The van der Waals surface area contributed by atoms with Gasteiger partial charge in [0.25, 0.3) is 0 Å². The summed E-state index contributed by atoms with van der Waals surface area (Å²) in [4.78, 5) is 25.0. The second kappa shape index (κ2) is 6.66. The SMILES string of the molecule is Cc1nnc(C(C)NC(=O)C2CCN(CC(N)=O)CC2)o1. The molecule has 0 aromatic carbocycles. The number of carbonyl (C=O) groups excluding carboxylic acids is 2. The van der Waals surface area contributed by atoms with Gasteiger partial charge in [-0.3, -0.25) is 14.5 Å². The molecule has 0 spiro atoms. The molecule has 2 rings (SSSR count). The Bertz CT molecular complexity index is 508. The van der Waals surface area contributed by atoms with E-state index in [0.717, 1.165) is 0 Å². The largest absolute Gasteiger partial charge is 0.423 e. The lowest BCUT2D eigenvalue weighted by molar-refractivity contribution is -0.127. The van der Waals surface area contributed by atoms with Crippen molar-refractivity contribution in [2.24, 2.45) is 11.7 Å². The van der Waals surface area contributed by atoms with Crippen molar-refractivity contribution in [2.75, 3.05) is 19.6 Å². The highest BCUT2D eigenvalue weighted by atomic mass is 16.4. The molecular formula is C13H21N5O3. The molecular weight excluding hydrogens is 274 g/mol. The second-order valence-electron chi connectivity index (χ2n) is 5.41. The highest BCUT2D eigenvalue weighted by molar-refractivity contribution is 5.79. The maximum absolute atomic E-state index is 12.2. The summed E-state index contributed by atoms with van der Waals surface area (Å²) >= 11 is 0. The van der Waals surface area contributed by atoms with Gasteiger partial charge in [-0.1, -0.05) is 0 Å². The summed E-state index contributed by atoms with van der Waals surface area (Å²) in [6.45, 7) is 5.18. The number of aryl methyl sites for hydroxylation is 1. The number of piperidine rings is 1. The van der Waals surface area contributed by atoms with Gasteiger partial charge in [0.15, 0.2) is 0 Å². The summed E-state index contributed by atoms with van der Waals surface area (Å²) in [6.07, 6.45) is 1.43. The van der Waals surface area contributed by atoms with Crippen LogP contribution in [0.15, 0.2) is 4.42 Å². The molecule has 8 heteroatoms. The van der Waals surface area contributed by atoms with E-state index in [0.29, 0.717) is 37.7 Å². The van der Waals surface area contributed by atoms with E-state index in [4.69, 9.17) is 10.2 Å². The fraction of sp³-hybridized carbons (Fsp3) is 0.692. The predicted octanol–water partition coefficient (Wildman–Crippen LogP) is -0.247. The monoisotopic (exact) mass is 295 g/mol. The molecule has 21 heavy (non-hydrogen) atoms. The van der Waals surface area contributed by atoms with Crippen LogP contribution in [0.1, 0.15) is 37.6 Å². The van der Waals surface area contributed by atoms with Crippen LogP contribution in [0.2, 0.25) is 0 Å². The normalized spacial score (nSPS) is 18.4. The lowest BCUT2D eigenvalue weighted by atomic mass is 9.95. The van der Waals surface area contributed by atoms with Gasteiger partial charge < -0.3 is 15.5 Å². The third-order valence-corrected chi connectivity index (χ3v) is 3.61.